The van der Waals surface area contributed by atoms with Gasteiger partial charge in [0.2, 0.25) is 0 Å². The second-order valence-corrected chi connectivity index (χ2v) is 8.28. The highest BCUT2D eigenvalue weighted by molar-refractivity contribution is 5.12. The lowest BCUT2D eigenvalue weighted by molar-refractivity contribution is -0.0455. The lowest BCUT2D eigenvalue weighted by atomic mass is 9.59. The number of aliphatic hydroxyl groups excluding tert-OH is 1. The van der Waals surface area contributed by atoms with E-state index in [9.17, 15) is 5.11 Å². The van der Waals surface area contributed by atoms with Crippen molar-refractivity contribution in [1.29, 1.82) is 0 Å². The molecule has 3 aliphatic rings. The van der Waals surface area contributed by atoms with Gasteiger partial charge in [-0.1, -0.05) is 34.1 Å². The second kappa shape index (κ2) is 3.98. The minimum absolute atomic E-state index is 0.0317. The fraction of sp³-hybridized carbons (Fsp3) is 1.00. The summed E-state index contributed by atoms with van der Waals surface area (Å²) in [5.74, 6) is 2.80. The van der Waals surface area contributed by atoms with Crippen LogP contribution >= 0.6 is 0 Å². The van der Waals surface area contributed by atoms with Crippen LogP contribution in [0.3, 0.4) is 0 Å². The molecule has 0 spiro atoms. The maximum atomic E-state index is 10.6. The standard InChI is InChI=1S/C17H30O/c1-11-6-5-7-13(15(11)18)14-10-12-8-9-17(14,4)16(12,2)3/h11-15,18H,5-10H2,1-4H3/t11-,12-,13+,14+,15+,17+/m0/s1. The molecular formula is C17H30O. The van der Waals surface area contributed by atoms with Gasteiger partial charge >= 0.3 is 0 Å². The van der Waals surface area contributed by atoms with Gasteiger partial charge in [0.15, 0.2) is 0 Å². The Labute approximate surface area is 112 Å². The summed E-state index contributed by atoms with van der Waals surface area (Å²) in [5.41, 5.74) is 0.985. The smallest absolute Gasteiger partial charge is 0.0596 e. The van der Waals surface area contributed by atoms with E-state index in [1.54, 1.807) is 0 Å². The summed E-state index contributed by atoms with van der Waals surface area (Å²) in [5, 5.41) is 10.6. The van der Waals surface area contributed by atoms with Crippen LogP contribution in [0, 0.1) is 34.5 Å². The van der Waals surface area contributed by atoms with Gasteiger partial charge in [0, 0.05) is 0 Å². The van der Waals surface area contributed by atoms with Crippen molar-refractivity contribution in [2.45, 2.75) is 72.3 Å². The normalized spacial score (nSPS) is 54.8. The highest BCUT2D eigenvalue weighted by Crippen LogP contribution is 2.70. The summed E-state index contributed by atoms with van der Waals surface area (Å²) in [6.07, 6.45) is 8.02. The summed E-state index contributed by atoms with van der Waals surface area (Å²) in [4.78, 5) is 0. The number of hydrogen-bond acceptors (Lipinski definition) is 1. The van der Waals surface area contributed by atoms with Gasteiger partial charge < -0.3 is 5.11 Å². The van der Waals surface area contributed by atoms with E-state index in [-0.39, 0.29) is 6.10 Å². The average molecular weight is 250 g/mol. The molecule has 0 unspecified atom stereocenters. The van der Waals surface area contributed by atoms with E-state index in [1.165, 1.54) is 38.5 Å². The third-order valence-corrected chi connectivity index (χ3v) is 7.60. The van der Waals surface area contributed by atoms with Crippen LogP contribution in [0.2, 0.25) is 0 Å². The third-order valence-electron chi connectivity index (χ3n) is 7.60. The van der Waals surface area contributed by atoms with Crippen molar-refractivity contribution in [3.05, 3.63) is 0 Å². The van der Waals surface area contributed by atoms with Gasteiger partial charge in [0.1, 0.15) is 0 Å². The summed E-state index contributed by atoms with van der Waals surface area (Å²) < 4.78 is 0. The van der Waals surface area contributed by atoms with Gasteiger partial charge in [-0.05, 0) is 66.6 Å². The molecule has 3 saturated carbocycles. The van der Waals surface area contributed by atoms with Crippen molar-refractivity contribution in [2.75, 3.05) is 0 Å². The van der Waals surface area contributed by atoms with Crippen LogP contribution in [0.25, 0.3) is 0 Å². The van der Waals surface area contributed by atoms with Gasteiger partial charge in [-0.2, -0.15) is 0 Å². The quantitative estimate of drug-likeness (QED) is 0.738. The Hall–Kier alpha value is -0.0400. The zero-order valence-corrected chi connectivity index (χ0v) is 12.6. The zero-order valence-electron chi connectivity index (χ0n) is 12.6. The van der Waals surface area contributed by atoms with Crippen LogP contribution in [0.1, 0.15) is 66.2 Å². The molecule has 0 aromatic rings. The van der Waals surface area contributed by atoms with Crippen LogP contribution < -0.4 is 0 Å². The largest absolute Gasteiger partial charge is 0.393 e. The Morgan fingerprint density at radius 1 is 1.06 bits per heavy atom. The average Bonchev–Trinajstić information content (AvgIpc) is 2.65. The lowest BCUT2D eigenvalue weighted by Crippen LogP contribution is -2.43. The fourth-order valence-electron chi connectivity index (χ4n) is 5.79. The molecule has 2 bridgehead atoms. The molecule has 0 heterocycles. The molecule has 1 N–H and O–H groups in total. The molecule has 104 valence electrons. The summed E-state index contributed by atoms with van der Waals surface area (Å²) in [7, 11) is 0. The molecule has 0 aliphatic heterocycles. The first kappa shape index (κ1) is 13.0. The van der Waals surface area contributed by atoms with E-state index in [1.807, 2.05) is 0 Å². The van der Waals surface area contributed by atoms with E-state index in [0.29, 0.717) is 22.7 Å². The monoisotopic (exact) mass is 250 g/mol. The summed E-state index contributed by atoms with van der Waals surface area (Å²) >= 11 is 0. The van der Waals surface area contributed by atoms with Gasteiger partial charge in [-0.3, -0.25) is 0 Å². The minimum Gasteiger partial charge on any atom is -0.393 e. The topological polar surface area (TPSA) is 20.2 Å². The molecule has 6 atom stereocenters. The number of fused-ring (bicyclic) bond motifs is 2. The van der Waals surface area contributed by atoms with Crippen LogP contribution in [0.15, 0.2) is 0 Å². The summed E-state index contributed by atoms with van der Waals surface area (Å²) in [6, 6.07) is 0. The van der Waals surface area contributed by atoms with E-state index in [4.69, 9.17) is 0 Å². The van der Waals surface area contributed by atoms with Crippen molar-refractivity contribution in [3.8, 4) is 0 Å². The Morgan fingerprint density at radius 3 is 2.33 bits per heavy atom. The van der Waals surface area contributed by atoms with Gasteiger partial charge in [0.25, 0.3) is 0 Å². The highest BCUT2D eigenvalue weighted by atomic mass is 16.3. The Balaban J connectivity index is 1.86. The number of rotatable bonds is 1. The fourth-order valence-corrected chi connectivity index (χ4v) is 5.79. The molecule has 3 rings (SSSR count). The van der Waals surface area contributed by atoms with E-state index in [0.717, 1.165) is 11.8 Å². The molecule has 0 aromatic heterocycles. The van der Waals surface area contributed by atoms with Crippen LogP contribution in [0.5, 0.6) is 0 Å². The number of hydrogen-bond donors (Lipinski definition) is 1. The van der Waals surface area contributed by atoms with Crippen LogP contribution in [0.4, 0.5) is 0 Å². The first-order chi connectivity index (χ1) is 8.38. The summed E-state index contributed by atoms with van der Waals surface area (Å²) in [6.45, 7) is 9.75. The maximum absolute atomic E-state index is 10.6. The van der Waals surface area contributed by atoms with E-state index < -0.39 is 0 Å². The molecule has 0 saturated heterocycles. The van der Waals surface area contributed by atoms with Gasteiger partial charge in [0.05, 0.1) is 6.10 Å². The molecule has 18 heavy (non-hydrogen) atoms. The van der Waals surface area contributed by atoms with Crippen molar-refractivity contribution >= 4 is 0 Å². The lowest BCUT2D eigenvalue weighted by Gasteiger charge is -2.46. The van der Waals surface area contributed by atoms with Gasteiger partial charge in [-0.25, -0.2) is 0 Å². The third kappa shape index (κ3) is 1.49. The number of aliphatic hydroxyl groups is 1. The molecule has 3 aliphatic carbocycles. The molecule has 0 amide bonds. The SMILES string of the molecule is C[C@H]1CCC[C@H]([C@H]2C[C@@H]3CC[C@@]2(C)C3(C)C)[C@@H]1O. The Morgan fingerprint density at radius 2 is 1.78 bits per heavy atom. The van der Waals surface area contributed by atoms with Crippen LogP contribution in [-0.4, -0.2) is 11.2 Å². The maximum Gasteiger partial charge on any atom is 0.0596 e. The first-order valence-corrected chi connectivity index (χ1v) is 8.06. The van der Waals surface area contributed by atoms with Crippen molar-refractivity contribution in [2.24, 2.45) is 34.5 Å². The predicted octanol–water partition coefficient (Wildman–Crippen LogP) is 4.25. The van der Waals surface area contributed by atoms with Crippen molar-refractivity contribution in [1.82, 2.24) is 0 Å². The zero-order chi connectivity index (χ0) is 13.1. The predicted molar refractivity (Wildman–Crippen MR) is 75.2 cm³/mol. The second-order valence-electron chi connectivity index (χ2n) is 8.28. The van der Waals surface area contributed by atoms with Gasteiger partial charge in [-0.15, -0.1) is 0 Å². The minimum atomic E-state index is -0.0317. The van der Waals surface area contributed by atoms with E-state index >= 15 is 0 Å². The molecular weight excluding hydrogens is 220 g/mol. The molecule has 1 heteroatoms. The van der Waals surface area contributed by atoms with E-state index in [2.05, 4.69) is 27.7 Å². The molecule has 0 aromatic carbocycles. The Bertz CT molecular complexity index is 335. The highest BCUT2D eigenvalue weighted by Gasteiger charge is 2.63. The Kier molecular flexibility index (Phi) is 2.86. The molecule has 0 radical (unpaired) electrons. The van der Waals surface area contributed by atoms with Crippen LogP contribution in [-0.2, 0) is 0 Å². The first-order valence-electron chi connectivity index (χ1n) is 8.06. The van der Waals surface area contributed by atoms with Crippen molar-refractivity contribution < 1.29 is 5.11 Å². The van der Waals surface area contributed by atoms with Crippen molar-refractivity contribution in [3.63, 3.8) is 0 Å². The molecule has 3 fully saturated rings. The molecule has 1 nitrogen and oxygen atoms in total.